The Labute approximate surface area is 265 Å². The number of carboxylic acids is 1. The summed E-state index contributed by atoms with van der Waals surface area (Å²) in [5, 5.41) is 17.6. The number of thiazole rings is 1. The number of aliphatic carboxylic acids is 1. The van der Waals surface area contributed by atoms with Crippen LogP contribution in [0, 0.1) is 5.41 Å². The average Bonchev–Trinajstić information content (AvgIpc) is 3.47. The number of carbonyl (C=O) groups is 4. The van der Waals surface area contributed by atoms with Gasteiger partial charge < -0.3 is 30.6 Å². The fourth-order valence-electron chi connectivity index (χ4n) is 4.89. The molecule has 4 N–H and O–H groups in total. The van der Waals surface area contributed by atoms with Gasteiger partial charge in [-0.1, -0.05) is 65.8 Å². The molecular formula is C29H29N5O7S3. The van der Waals surface area contributed by atoms with Crippen LogP contribution >= 0.6 is 34.9 Å². The van der Waals surface area contributed by atoms with Crippen LogP contribution in [0.5, 0.6) is 0 Å². The Morgan fingerprint density at radius 1 is 1.18 bits per heavy atom. The minimum absolute atomic E-state index is 0.0633. The standard InChI is InChI=1S/C29H29N5O7S3/c1-42-15-29(27(38)39)14-34-25(37)22(26(34)44-16-29)32-24(36)21(19-13-43-28(30)31-19)33-40-12-20(35)41-23(17-8-4-2-5-9-17)18-10-6-3-7-11-18/h2-11,13,22-23,26H,12,14-16H2,1H3,(H2,30,31)(H,32,36)(H,38,39)/t22?,26-,29?/m1/s1. The van der Waals surface area contributed by atoms with Crippen molar-refractivity contribution in [2.75, 3.05) is 36.6 Å². The van der Waals surface area contributed by atoms with Crippen LogP contribution in [0.3, 0.4) is 0 Å². The van der Waals surface area contributed by atoms with E-state index < -0.39 is 53.3 Å². The maximum absolute atomic E-state index is 13.3. The van der Waals surface area contributed by atoms with E-state index in [1.165, 1.54) is 33.8 Å². The fraction of sp³-hybridized carbons (Fsp3) is 0.310. The SMILES string of the molecule is CSCC1(C(=O)O)CS[C@@H]2C(NC(=O)C(=NOCC(=O)OC(c3ccccc3)c3ccccc3)c3csc(N)n3)C(=O)N2C1. The van der Waals surface area contributed by atoms with Crippen LogP contribution in [0.25, 0.3) is 0 Å². The quantitative estimate of drug-likeness (QED) is 0.113. The summed E-state index contributed by atoms with van der Waals surface area (Å²) in [5.74, 6) is -2.17. The first-order valence-electron chi connectivity index (χ1n) is 13.4. The Bertz CT molecular complexity index is 1520. The number of thioether (sulfide) groups is 2. The second-order valence-corrected chi connectivity index (χ2v) is 13.0. The number of ether oxygens (including phenoxy) is 1. The van der Waals surface area contributed by atoms with Crippen LogP contribution in [-0.4, -0.2) is 86.8 Å². The number of carboxylic acid groups (broad SMARTS) is 1. The Morgan fingerprint density at radius 3 is 2.41 bits per heavy atom. The summed E-state index contributed by atoms with van der Waals surface area (Å²) < 4.78 is 5.73. The first-order chi connectivity index (χ1) is 21.2. The van der Waals surface area contributed by atoms with E-state index in [9.17, 15) is 24.3 Å². The summed E-state index contributed by atoms with van der Waals surface area (Å²) >= 11 is 3.80. The van der Waals surface area contributed by atoms with E-state index in [1.807, 2.05) is 66.9 Å². The molecule has 3 atom stereocenters. The number of rotatable bonds is 12. The largest absolute Gasteiger partial charge is 0.481 e. The number of nitrogens with zero attached hydrogens (tertiary/aromatic N) is 3. The molecule has 230 valence electrons. The number of anilines is 1. The number of nitrogens with one attached hydrogen (secondary N) is 1. The van der Waals surface area contributed by atoms with Gasteiger partial charge in [0.1, 0.15) is 22.5 Å². The van der Waals surface area contributed by atoms with Crippen LogP contribution in [0.1, 0.15) is 22.9 Å². The van der Waals surface area contributed by atoms with Gasteiger partial charge in [-0.2, -0.15) is 11.8 Å². The van der Waals surface area contributed by atoms with Gasteiger partial charge >= 0.3 is 11.9 Å². The zero-order chi connectivity index (χ0) is 31.3. The van der Waals surface area contributed by atoms with Crippen LogP contribution in [0.15, 0.2) is 71.2 Å². The number of oxime groups is 1. The summed E-state index contributed by atoms with van der Waals surface area (Å²) in [6.07, 6.45) is 1.14. The number of aromatic nitrogens is 1. The smallest absolute Gasteiger partial charge is 0.347 e. The molecule has 2 saturated heterocycles. The molecule has 3 heterocycles. The van der Waals surface area contributed by atoms with Crippen molar-refractivity contribution in [3.8, 4) is 0 Å². The molecule has 0 aliphatic carbocycles. The maximum Gasteiger partial charge on any atom is 0.347 e. The van der Waals surface area contributed by atoms with Crippen LogP contribution in [-0.2, 0) is 28.8 Å². The van der Waals surface area contributed by atoms with Gasteiger partial charge in [0.05, 0.1) is 0 Å². The van der Waals surface area contributed by atoms with Crippen molar-refractivity contribution in [3.63, 3.8) is 0 Å². The van der Waals surface area contributed by atoms with Gasteiger partial charge in [-0.15, -0.1) is 23.1 Å². The second kappa shape index (κ2) is 13.7. The third kappa shape index (κ3) is 6.69. The highest BCUT2D eigenvalue weighted by Gasteiger charge is 2.57. The van der Waals surface area contributed by atoms with Crippen molar-refractivity contribution < 1.29 is 33.9 Å². The number of nitrogens with two attached hydrogens (primary N) is 1. The number of benzene rings is 2. The molecule has 3 aromatic rings. The predicted octanol–water partition coefficient (Wildman–Crippen LogP) is 2.61. The van der Waals surface area contributed by atoms with Crippen molar-refractivity contribution in [2.45, 2.75) is 17.5 Å². The number of esters is 1. The first kappa shape index (κ1) is 31.3. The van der Waals surface area contributed by atoms with E-state index in [1.54, 1.807) is 0 Å². The third-order valence-corrected chi connectivity index (χ3v) is 10.2. The molecule has 15 heteroatoms. The third-order valence-electron chi connectivity index (χ3n) is 7.08. The van der Waals surface area contributed by atoms with Crippen molar-refractivity contribution in [2.24, 2.45) is 10.6 Å². The molecule has 12 nitrogen and oxygen atoms in total. The van der Waals surface area contributed by atoms with Gasteiger partial charge in [-0.3, -0.25) is 14.4 Å². The zero-order valence-electron chi connectivity index (χ0n) is 23.5. The monoisotopic (exact) mass is 655 g/mol. The number of fused-ring (bicyclic) bond motifs is 1. The highest BCUT2D eigenvalue weighted by molar-refractivity contribution is 8.00. The van der Waals surface area contributed by atoms with Crippen molar-refractivity contribution >= 4 is 69.5 Å². The van der Waals surface area contributed by atoms with Crippen molar-refractivity contribution in [1.29, 1.82) is 0 Å². The predicted molar refractivity (Wildman–Crippen MR) is 168 cm³/mol. The normalized spacial score (nSPS) is 21.3. The van der Waals surface area contributed by atoms with E-state index in [0.29, 0.717) is 11.5 Å². The van der Waals surface area contributed by atoms with Gasteiger partial charge in [0.2, 0.25) is 12.5 Å². The summed E-state index contributed by atoms with van der Waals surface area (Å²) in [6.45, 7) is -0.540. The molecule has 0 saturated carbocycles. The Hall–Kier alpha value is -4.08. The molecule has 2 unspecified atom stereocenters. The summed E-state index contributed by atoms with van der Waals surface area (Å²) in [7, 11) is 0. The van der Waals surface area contributed by atoms with E-state index >= 15 is 0 Å². The number of amides is 2. The maximum atomic E-state index is 13.3. The average molecular weight is 656 g/mol. The minimum Gasteiger partial charge on any atom is -0.481 e. The lowest BCUT2D eigenvalue weighted by molar-refractivity contribution is -0.157. The van der Waals surface area contributed by atoms with Crippen LogP contribution < -0.4 is 11.1 Å². The number of hydrogen-bond acceptors (Lipinski definition) is 12. The number of hydrogen-bond donors (Lipinski definition) is 3. The molecule has 0 spiro atoms. The highest BCUT2D eigenvalue weighted by atomic mass is 32.2. The molecule has 1 aromatic heterocycles. The van der Waals surface area contributed by atoms with Gasteiger partial charge in [0, 0.05) is 23.4 Å². The molecule has 2 amide bonds. The van der Waals surface area contributed by atoms with Gasteiger partial charge in [0.25, 0.3) is 5.91 Å². The molecule has 2 fully saturated rings. The molecule has 0 radical (unpaired) electrons. The molecule has 2 aliphatic rings. The van der Waals surface area contributed by atoms with Crippen molar-refractivity contribution in [1.82, 2.24) is 15.2 Å². The molecular weight excluding hydrogens is 627 g/mol. The fourth-order valence-corrected chi connectivity index (χ4v) is 7.98. The Balaban J connectivity index is 1.26. The summed E-state index contributed by atoms with van der Waals surface area (Å²) in [5.41, 5.74) is 6.08. The second-order valence-electron chi connectivity index (χ2n) is 10.1. The molecule has 44 heavy (non-hydrogen) atoms. The summed E-state index contributed by atoms with van der Waals surface area (Å²) in [4.78, 5) is 62.0. The first-order valence-corrected chi connectivity index (χ1v) is 16.7. The van der Waals surface area contributed by atoms with Gasteiger partial charge in [-0.25, -0.2) is 9.78 Å². The minimum atomic E-state index is -1.06. The Kier molecular flexibility index (Phi) is 9.76. The molecule has 5 rings (SSSR count). The van der Waals surface area contributed by atoms with E-state index in [-0.39, 0.29) is 23.1 Å². The molecule has 2 aromatic carbocycles. The van der Waals surface area contributed by atoms with Gasteiger partial charge in [0.15, 0.2) is 16.9 Å². The molecule has 2 aliphatic heterocycles. The lowest BCUT2D eigenvalue weighted by Gasteiger charge is -2.53. The lowest BCUT2D eigenvalue weighted by atomic mass is 9.89. The van der Waals surface area contributed by atoms with E-state index in [2.05, 4.69) is 15.5 Å². The molecule has 0 bridgehead atoms. The number of nitrogen functional groups attached to an aromatic ring is 1. The summed E-state index contributed by atoms with van der Waals surface area (Å²) in [6, 6.07) is 17.6. The number of β-lactam (4-membered cyclic amide) rings is 1. The lowest BCUT2D eigenvalue weighted by Crippen LogP contribution is -2.74. The van der Waals surface area contributed by atoms with Crippen molar-refractivity contribution in [3.05, 3.63) is 82.9 Å². The van der Waals surface area contributed by atoms with Gasteiger partial charge in [-0.05, 0) is 17.4 Å². The topological polar surface area (TPSA) is 174 Å². The highest BCUT2D eigenvalue weighted by Crippen LogP contribution is 2.43. The van der Waals surface area contributed by atoms with E-state index in [0.717, 1.165) is 22.5 Å². The number of carbonyl (C=O) groups excluding carboxylic acids is 3. The van der Waals surface area contributed by atoms with Crippen LogP contribution in [0.4, 0.5) is 5.13 Å². The van der Waals surface area contributed by atoms with E-state index in [4.69, 9.17) is 15.3 Å². The Morgan fingerprint density at radius 2 is 1.84 bits per heavy atom. The zero-order valence-corrected chi connectivity index (χ0v) is 25.9. The van der Waals surface area contributed by atoms with Crippen LogP contribution in [0.2, 0.25) is 0 Å².